The molecule has 94 valence electrons. The molecule has 2 heteroatoms. The Kier molecular flexibility index (Phi) is 4.11. The second-order valence-corrected chi connectivity index (χ2v) is 4.67. The molecule has 2 rings (SSSR count). The zero-order valence-corrected chi connectivity index (χ0v) is 10.8. The third-order valence-electron chi connectivity index (χ3n) is 3.00. The fourth-order valence-corrected chi connectivity index (χ4v) is 1.87. The zero-order valence-electron chi connectivity index (χ0n) is 10.8. The predicted molar refractivity (Wildman–Crippen MR) is 72.9 cm³/mol. The summed E-state index contributed by atoms with van der Waals surface area (Å²) in [7, 11) is 0. The number of rotatable bonds is 4. The summed E-state index contributed by atoms with van der Waals surface area (Å²) in [5.74, 6) is -0.141. The molecular formula is C16H18FN. The molecule has 0 unspecified atom stereocenters. The van der Waals surface area contributed by atoms with Crippen molar-refractivity contribution < 1.29 is 4.39 Å². The third-order valence-corrected chi connectivity index (χ3v) is 3.00. The van der Waals surface area contributed by atoms with E-state index in [1.165, 1.54) is 17.2 Å². The van der Waals surface area contributed by atoms with Crippen LogP contribution in [0.5, 0.6) is 0 Å². The van der Waals surface area contributed by atoms with Crippen molar-refractivity contribution in [1.82, 2.24) is 5.32 Å². The second kappa shape index (κ2) is 5.78. The lowest BCUT2D eigenvalue weighted by atomic mass is 10.1. The summed E-state index contributed by atoms with van der Waals surface area (Å²) in [6, 6.07) is 13.7. The van der Waals surface area contributed by atoms with Gasteiger partial charge in [0, 0.05) is 13.1 Å². The lowest BCUT2D eigenvalue weighted by Gasteiger charge is -2.07. The molecule has 2 aromatic carbocycles. The van der Waals surface area contributed by atoms with Crippen LogP contribution in [0.1, 0.15) is 22.3 Å². The first-order valence-corrected chi connectivity index (χ1v) is 6.16. The summed E-state index contributed by atoms with van der Waals surface area (Å²) in [6.45, 7) is 5.46. The first kappa shape index (κ1) is 12.8. The topological polar surface area (TPSA) is 12.0 Å². The summed E-state index contributed by atoms with van der Waals surface area (Å²) in [6.07, 6.45) is 0. The van der Waals surface area contributed by atoms with Gasteiger partial charge in [0.1, 0.15) is 5.82 Å². The summed E-state index contributed by atoms with van der Waals surface area (Å²) in [5, 5.41) is 3.36. The van der Waals surface area contributed by atoms with E-state index in [0.29, 0.717) is 5.56 Å². The van der Waals surface area contributed by atoms with Crippen LogP contribution in [0.15, 0.2) is 42.5 Å². The maximum absolute atomic E-state index is 13.1. The predicted octanol–water partition coefficient (Wildman–Crippen LogP) is 3.73. The average molecular weight is 243 g/mol. The van der Waals surface area contributed by atoms with Crippen LogP contribution in [0.25, 0.3) is 0 Å². The fraction of sp³-hybridized carbons (Fsp3) is 0.250. The van der Waals surface area contributed by atoms with Crippen molar-refractivity contribution in [3.05, 3.63) is 70.5 Å². The van der Waals surface area contributed by atoms with Gasteiger partial charge in [-0.3, -0.25) is 0 Å². The van der Waals surface area contributed by atoms with Crippen molar-refractivity contribution in [3.8, 4) is 0 Å². The summed E-state index contributed by atoms with van der Waals surface area (Å²) < 4.78 is 13.1. The van der Waals surface area contributed by atoms with Gasteiger partial charge in [-0.15, -0.1) is 0 Å². The molecule has 0 aliphatic rings. The Labute approximate surface area is 108 Å². The van der Waals surface area contributed by atoms with Crippen LogP contribution in [0, 0.1) is 19.7 Å². The number of aryl methyl sites for hydroxylation is 2. The minimum atomic E-state index is -0.141. The molecular weight excluding hydrogens is 225 g/mol. The maximum Gasteiger partial charge on any atom is 0.126 e. The highest BCUT2D eigenvalue weighted by molar-refractivity contribution is 5.24. The van der Waals surface area contributed by atoms with Gasteiger partial charge in [0.25, 0.3) is 0 Å². The highest BCUT2D eigenvalue weighted by Gasteiger charge is 1.99. The van der Waals surface area contributed by atoms with E-state index in [1.807, 2.05) is 12.1 Å². The molecule has 0 bridgehead atoms. The van der Waals surface area contributed by atoms with Gasteiger partial charge in [0.15, 0.2) is 0 Å². The monoisotopic (exact) mass is 243 g/mol. The molecule has 0 saturated heterocycles. The van der Waals surface area contributed by atoms with Crippen molar-refractivity contribution in [3.63, 3.8) is 0 Å². The molecule has 0 aromatic heterocycles. The molecule has 1 nitrogen and oxygen atoms in total. The molecule has 0 aliphatic heterocycles. The van der Waals surface area contributed by atoms with Gasteiger partial charge >= 0.3 is 0 Å². The van der Waals surface area contributed by atoms with Crippen molar-refractivity contribution >= 4 is 0 Å². The number of hydrogen-bond donors (Lipinski definition) is 1. The lowest BCUT2D eigenvalue weighted by Crippen LogP contribution is -2.12. The molecule has 0 heterocycles. The molecule has 0 saturated carbocycles. The minimum absolute atomic E-state index is 0.141. The van der Waals surface area contributed by atoms with Crippen LogP contribution >= 0.6 is 0 Å². The van der Waals surface area contributed by atoms with E-state index in [-0.39, 0.29) is 5.82 Å². The van der Waals surface area contributed by atoms with E-state index in [0.717, 1.165) is 18.7 Å². The van der Waals surface area contributed by atoms with E-state index in [2.05, 4.69) is 36.5 Å². The molecule has 0 spiro atoms. The van der Waals surface area contributed by atoms with Gasteiger partial charge in [0.05, 0.1) is 0 Å². The largest absolute Gasteiger partial charge is 0.309 e. The van der Waals surface area contributed by atoms with Gasteiger partial charge in [-0.1, -0.05) is 42.0 Å². The SMILES string of the molecule is Cc1ccc(CNCc2ccc(F)c(C)c2)cc1. The van der Waals surface area contributed by atoms with E-state index in [9.17, 15) is 4.39 Å². The van der Waals surface area contributed by atoms with Gasteiger partial charge in [-0.2, -0.15) is 0 Å². The van der Waals surface area contributed by atoms with Crippen LogP contribution < -0.4 is 5.32 Å². The number of halogens is 1. The summed E-state index contributed by atoms with van der Waals surface area (Å²) in [4.78, 5) is 0. The van der Waals surface area contributed by atoms with E-state index >= 15 is 0 Å². The first-order chi connectivity index (χ1) is 8.65. The molecule has 0 amide bonds. The Morgan fingerprint density at radius 3 is 2.17 bits per heavy atom. The van der Waals surface area contributed by atoms with Gasteiger partial charge in [-0.05, 0) is 36.6 Å². The Bertz CT molecular complexity index is 517. The van der Waals surface area contributed by atoms with Gasteiger partial charge < -0.3 is 5.32 Å². The Hall–Kier alpha value is -1.67. The summed E-state index contributed by atoms with van der Waals surface area (Å²) in [5.41, 5.74) is 4.35. The highest BCUT2D eigenvalue weighted by atomic mass is 19.1. The molecule has 0 aliphatic carbocycles. The molecule has 0 atom stereocenters. The number of benzene rings is 2. The summed E-state index contributed by atoms with van der Waals surface area (Å²) >= 11 is 0. The smallest absolute Gasteiger partial charge is 0.126 e. The van der Waals surface area contributed by atoms with Gasteiger partial charge in [0.2, 0.25) is 0 Å². The highest BCUT2D eigenvalue weighted by Crippen LogP contribution is 2.09. The van der Waals surface area contributed by atoms with Crippen LogP contribution in [0.3, 0.4) is 0 Å². The quantitative estimate of drug-likeness (QED) is 0.862. The van der Waals surface area contributed by atoms with E-state index in [1.54, 1.807) is 6.92 Å². The average Bonchev–Trinajstić information content (AvgIpc) is 2.36. The van der Waals surface area contributed by atoms with Crippen molar-refractivity contribution in [1.29, 1.82) is 0 Å². The first-order valence-electron chi connectivity index (χ1n) is 6.16. The second-order valence-electron chi connectivity index (χ2n) is 4.67. The van der Waals surface area contributed by atoms with Crippen molar-refractivity contribution in [2.24, 2.45) is 0 Å². The van der Waals surface area contributed by atoms with Crippen LogP contribution in [0.4, 0.5) is 4.39 Å². The van der Waals surface area contributed by atoms with Gasteiger partial charge in [-0.25, -0.2) is 4.39 Å². The van der Waals surface area contributed by atoms with E-state index in [4.69, 9.17) is 0 Å². The Morgan fingerprint density at radius 2 is 1.50 bits per heavy atom. The fourth-order valence-electron chi connectivity index (χ4n) is 1.87. The normalized spacial score (nSPS) is 10.6. The minimum Gasteiger partial charge on any atom is -0.309 e. The number of nitrogens with one attached hydrogen (secondary N) is 1. The molecule has 1 N–H and O–H groups in total. The zero-order chi connectivity index (χ0) is 13.0. The van der Waals surface area contributed by atoms with Crippen LogP contribution in [0.2, 0.25) is 0 Å². The van der Waals surface area contributed by atoms with Crippen LogP contribution in [-0.4, -0.2) is 0 Å². The molecule has 0 fully saturated rings. The standard InChI is InChI=1S/C16H18FN/c1-12-3-5-14(6-4-12)10-18-11-15-7-8-16(17)13(2)9-15/h3-9,18H,10-11H2,1-2H3. The molecule has 18 heavy (non-hydrogen) atoms. The molecule has 0 radical (unpaired) electrons. The molecule has 2 aromatic rings. The Morgan fingerprint density at radius 1 is 0.889 bits per heavy atom. The van der Waals surface area contributed by atoms with Crippen molar-refractivity contribution in [2.45, 2.75) is 26.9 Å². The van der Waals surface area contributed by atoms with E-state index < -0.39 is 0 Å². The Balaban J connectivity index is 1.88. The van der Waals surface area contributed by atoms with Crippen LogP contribution in [-0.2, 0) is 13.1 Å². The number of hydrogen-bond acceptors (Lipinski definition) is 1. The third kappa shape index (κ3) is 3.41. The maximum atomic E-state index is 13.1. The lowest BCUT2D eigenvalue weighted by molar-refractivity contribution is 0.615. The van der Waals surface area contributed by atoms with Crippen molar-refractivity contribution in [2.75, 3.05) is 0 Å².